The van der Waals surface area contributed by atoms with E-state index in [-0.39, 0.29) is 17.5 Å². The molecule has 1 rings (SSSR count). The van der Waals surface area contributed by atoms with Gasteiger partial charge in [0.2, 0.25) is 10.0 Å². The SMILES string of the molecule is CCSCCC(C)NS(=O)(=O)c1cncc(C#CCN)c1. The van der Waals surface area contributed by atoms with Gasteiger partial charge in [0.15, 0.2) is 0 Å². The van der Waals surface area contributed by atoms with E-state index in [1.54, 1.807) is 11.8 Å². The average molecular weight is 327 g/mol. The molecule has 1 heterocycles. The van der Waals surface area contributed by atoms with E-state index in [1.165, 1.54) is 18.5 Å². The van der Waals surface area contributed by atoms with Crippen molar-refractivity contribution in [2.45, 2.75) is 31.2 Å². The lowest BCUT2D eigenvalue weighted by Gasteiger charge is -2.13. The fraction of sp³-hybridized carbons (Fsp3) is 0.500. The molecule has 0 saturated carbocycles. The molecule has 3 N–H and O–H groups in total. The molecule has 0 aliphatic carbocycles. The molecular formula is C14H21N3O2S2. The molecule has 0 aromatic carbocycles. The van der Waals surface area contributed by atoms with Crippen molar-refractivity contribution in [1.82, 2.24) is 9.71 Å². The van der Waals surface area contributed by atoms with Crippen molar-refractivity contribution in [3.05, 3.63) is 24.0 Å². The van der Waals surface area contributed by atoms with E-state index in [4.69, 9.17) is 5.73 Å². The van der Waals surface area contributed by atoms with Crippen molar-refractivity contribution in [2.24, 2.45) is 5.73 Å². The lowest BCUT2D eigenvalue weighted by molar-refractivity contribution is 0.556. The minimum Gasteiger partial charge on any atom is -0.320 e. The van der Waals surface area contributed by atoms with Gasteiger partial charge in [0.05, 0.1) is 6.54 Å². The van der Waals surface area contributed by atoms with Gasteiger partial charge in [-0.15, -0.1) is 0 Å². The molecule has 1 aromatic heterocycles. The molecular weight excluding hydrogens is 306 g/mol. The summed E-state index contributed by atoms with van der Waals surface area (Å²) in [5, 5.41) is 0. The zero-order valence-electron chi connectivity index (χ0n) is 12.3. The van der Waals surface area contributed by atoms with Gasteiger partial charge in [-0.2, -0.15) is 11.8 Å². The summed E-state index contributed by atoms with van der Waals surface area (Å²) in [6.07, 6.45) is 3.63. The molecule has 0 fully saturated rings. The van der Waals surface area contributed by atoms with Crippen LogP contribution in [0.15, 0.2) is 23.4 Å². The average Bonchev–Trinajstić information content (AvgIpc) is 2.45. The number of nitrogens with zero attached hydrogens (tertiary/aromatic N) is 1. The summed E-state index contributed by atoms with van der Waals surface area (Å²) in [4.78, 5) is 4.05. The predicted molar refractivity (Wildman–Crippen MR) is 87.6 cm³/mol. The van der Waals surface area contributed by atoms with Crippen molar-refractivity contribution in [3.63, 3.8) is 0 Å². The number of hydrogen-bond acceptors (Lipinski definition) is 5. The van der Waals surface area contributed by atoms with Gasteiger partial charge in [0, 0.05) is 24.0 Å². The summed E-state index contributed by atoms with van der Waals surface area (Å²) in [6.45, 7) is 4.17. The molecule has 21 heavy (non-hydrogen) atoms. The van der Waals surface area contributed by atoms with Gasteiger partial charge >= 0.3 is 0 Å². The first-order valence-corrected chi connectivity index (χ1v) is 9.37. The van der Waals surface area contributed by atoms with Crippen molar-refractivity contribution < 1.29 is 8.42 Å². The highest BCUT2D eigenvalue weighted by molar-refractivity contribution is 7.99. The van der Waals surface area contributed by atoms with Crippen molar-refractivity contribution in [1.29, 1.82) is 0 Å². The first-order valence-electron chi connectivity index (χ1n) is 6.73. The molecule has 1 unspecified atom stereocenters. The van der Waals surface area contributed by atoms with Crippen LogP contribution in [-0.4, -0.2) is 37.5 Å². The van der Waals surface area contributed by atoms with E-state index in [9.17, 15) is 8.42 Å². The van der Waals surface area contributed by atoms with Crippen LogP contribution in [0, 0.1) is 11.8 Å². The van der Waals surface area contributed by atoms with Crippen molar-refractivity contribution in [3.8, 4) is 11.8 Å². The number of pyridine rings is 1. The molecule has 1 aromatic rings. The van der Waals surface area contributed by atoms with Crippen LogP contribution in [0.5, 0.6) is 0 Å². The van der Waals surface area contributed by atoms with Crippen LogP contribution in [0.2, 0.25) is 0 Å². The third kappa shape index (κ3) is 6.48. The quantitative estimate of drug-likeness (QED) is 0.581. The zero-order valence-corrected chi connectivity index (χ0v) is 13.9. The minimum absolute atomic E-state index is 0.118. The van der Waals surface area contributed by atoms with Crippen LogP contribution in [0.3, 0.4) is 0 Å². The van der Waals surface area contributed by atoms with Crippen LogP contribution < -0.4 is 10.5 Å². The topological polar surface area (TPSA) is 85.1 Å². The summed E-state index contributed by atoms with van der Waals surface area (Å²) < 4.78 is 27.2. The molecule has 1 atom stereocenters. The van der Waals surface area contributed by atoms with Crippen LogP contribution in [0.4, 0.5) is 0 Å². The third-order valence-electron chi connectivity index (χ3n) is 2.61. The van der Waals surface area contributed by atoms with Crippen molar-refractivity contribution >= 4 is 21.8 Å². The second-order valence-electron chi connectivity index (χ2n) is 4.42. The normalized spacial score (nSPS) is 12.5. The number of hydrogen-bond donors (Lipinski definition) is 2. The number of rotatable bonds is 7. The molecule has 7 heteroatoms. The number of thioether (sulfide) groups is 1. The Balaban J connectivity index is 2.78. The van der Waals surface area contributed by atoms with Crippen LogP contribution >= 0.6 is 11.8 Å². The molecule has 5 nitrogen and oxygen atoms in total. The van der Waals surface area contributed by atoms with Gasteiger partial charge in [0.1, 0.15) is 4.90 Å². The number of sulfonamides is 1. The second-order valence-corrected chi connectivity index (χ2v) is 7.53. The van der Waals surface area contributed by atoms with Gasteiger partial charge in [-0.1, -0.05) is 18.8 Å². The first-order chi connectivity index (χ1) is 9.99. The van der Waals surface area contributed by atoms with E-state index in [1.807, 2.05) is 6.92 Å². The van der Waals surface area contributed by atoms with Crippen LogP contribution in [0.1, 0.15) is 25.8 Å². The lowest BCUT2D eigenvalue weighted by atomic mass is 10.3. The Morgan fingerprint density at radius 3 is 2.90 bits per heavy atom. The molecule has 116 valence electrons. The second kappa shape index (κ2) is 9.05. The van der Waals surface area contributed by atoms with E-state index < -0.39 is 10.0 Å². The summed E-state index contributed by atoms with van der Waals surface area (Å²) >= 11 is 1.79. The molecule has 0 bridgehead atoms. The molecule has 0 aliphatic rings. The van der Waals surface area contributed by atoms with E-state index >= 15 is 0 Å². The predicted octanol–water partition coefficient (Wildman–Crippen LogP) is 1.20. The van der Waals surface area contributed by atoms with Gasteiger partial charge in [-0.25, -0.2) is 13.1 Å². The number of nitrogens with one attached hydrogen (secondary N) is 1. The monoisotopic (exact) mass is 327 g/mol. The first kappa shape index (κ1) is 18.0. The Kier molecular flexibility index (Phi) is 7.75. The largest absolute Gasteiger partial charge is 0.320 e. The molecule has 0 spiro atoms. The van der Waals surface area contributed by atoms with Crippen LogP contribution in [0.25, 0.3) is 0 Å². The Hall–Kier alpha value is -1.07. The van der Waals surface area contributed by atoms with Gasteiger partial charge in [-0.05, 0) is 30.9 Å². The maximum Gasteiger partial charge on any atom is 0.242 e. The maximum absolute atomic E-state index is 12.3. The Bertz CT molecular complexity index is 606. The highest BCUT2D eigenvalue weighted by atomic mass is 32.2. The van der Waals surface area contributed by atoms with Gasteiger partial charge in [0.25, 0.3) is 0 Å². The van der Waals surface area contributed by atoms with E-state index in [0.717, 1.165) is 17.9 Å². The molecule has 0 saturated heterocycles. The van der Waals surface area contributed by atoms with Crippen molar-refractivity contribution in [2.75, 3.05) is 18.1 Å². The zero-order chi connectivity index (χ0) is 15.7. The summed E-state index contributed by atoms with van der Waals surface area (Å²) in [5.41, 5.74) is 5.84. The third-order valence-corrected chi connectivity index (χ3v) is 5.10. The standard InChI is InChI=1S/C14H21N3O2S2/c1-3-20-8-6-12(2)17-21(18,19)14-9-13(5-4-7-15)10-16-11-14/h9-12,17H,3,6-8,15H2,1-2H3. The molecule has 0 amide bonds. The molecule has 0 radical (unpaired) electrons. The highest BCUT2D eigenvalue weighted by Gasteiger charge is 2.17. The number of nitrogens with two attached hydrogens (primary N) is 1. The summed E-state index contributed by atoms with van der Waals surface area (Å²) in [6, 6.07) is 1.39. The Morgan fingerprint density at radius 2 is 2.24 bits per heavy atom. The van der Waals surface area contributed by atoms with Crippen LogP contribution in [-0.2, 0) is 10.0 Å². The smallest absolute Gasteiger partial charge is 0.242 e. The van der Waals surface area contributed by atoms with Gasteiger partial charge < -0.3 is 5.73 Å². The van der Waals surface area contributed by atoms with E-state index in [0.29, 0.717) is 5.56 Å². The Morgan fingerprint density at radius 1 is 1.48 bits per heavy atom. The fourth-order valence-electron chi connectivity index (χ4n) is 1.58. The Labute approximate surface area is 131 Å². The summed E-state index contributed by atoms with van der Waals surface area (Å²) in [5.74, 6) is 7.42. The summed E-state index contributed by atoms with van der Waals surface area (Å²) in [7, 11) is -3.56. The fourth-order valence-corrected chi connectivity index (χ4v) is 3.66. The van der Waals surface area contributed by atoms with Gasteiger partial charge in [-0.3, -0.25) is 4.98 Å². The number of aromatic nitrogens is 1. The maximum atomic E-state index is 12.3. The minimum atomic E-state index is -3.56. The molecule has 0 aliphatic heterocycles. The lowest BCUT2D eigenvalue weighted by Crippen LogP contribution is -2.33. The highest BCUT2D eigenvalue weighted by Crippen LogP contribution is 2.11. The van der Waals surface area contributed by atoms with E-state index in [2.05, 4.69) is 28.5 Å².